The van der Waals surface area contributed by atoms with Crippen molar-refractivity contribution >= 4 is 22.5 Å². The second-order valence-electron chi connectivity index (χ2n) is 3.54. The van der Waals surface area contributed by atoms with Crippen molar-refractivity contribution in [3.8, 4) is 0 Å². The van der Waals surface area contributed by atoms with E-state index in [2.05, 4.69) is 23.0 Å². The van der Waals surface area contributed by atoms with Gasteiger partial charge in [-0.1, -0.05) is 17.7 Å². The Hall–Kier alpha value is -1.15. The van der Waals surface area contributed by atoms with Crippen LogP contribution in [0.3, 0.4) is 0 Å². The molecule has 0 aliphatic carbocycles. The molecule has 1 heterocycles. The first-order valence-corrected chi connectivity index (χ1v) is 4.87. The average molecular weight is 207 g/mol. The third-order valence-electron chi connectivity index (χ3n) is 2.21. The van der Waals surface area contributed by atoms with Gasteiger partial charge in [0.25, 0.3) is 0 Å². The van der Waals surface area contributed by atoms with Crippen molar-refractivity contribution < 1.29 is 0 Å². The zero-order valence-electron chi connectivity index (χ0n) is 8.43. The molecule has 0 spiro atoms. The summed E-state index contributed by atoms with van der Waals surface area (Å²) < 4.78 is 0. The van der Waals surface area contributed by atoms with E-state index in [4.69, 9.17) is 11.6 Å². The van der Waals surface area contributed by atoms with E-state index in [-0.39, 0.29) is 0 Å². The minimum Gasteiger partial charge on any atom is -0.233 e. The third-order valence-corrected chi connectivity index (χ3v) is 2.48. The number of aromatic nitrogens is 2. The van der Waals surface area contributed by atoms with Crippen molar-refractivity contribution in [2.75, 3.05) is 0 Å². The minimum atomic E-state index is 0.546. The molecule has 14 heavy (non-hydrogen) atoms. The van der Waals surface area contributed by atoms with Gasteiger partial charge in [-0.25, -0.2) is 9.97 Å². The summed E-state index contributed by atoms with van der Waals surface area (Å²) in [7, 11) is 0. The van der Waals surface area contributed by atoms with Crippen molar-refractivity contribution in [3.63, 3.8) is 0 Å². The Balaban J connectivity index is 2.94. The van der Waals surface area contributed by atoms with Gasteiger partial charge in [-0.2, -0.15) is 0 Å². The van der Waals surface area contributed by atoms with Crippen molar-refractivity contribution in [3.05, 3.63) is 34.2 Å². The molecule has 0 aliphatic heterocycles. The van der Waals surface area contributed by atoms with Gasteiger partial charge in [0, 0.05) is 5.39 Å². The maximum atomic E-state index is 6.07. The standard InChI is InChI=1S/C11H11ClN2/c1-6-4-7(2)10-9(5-6)13-8(3)14-11(10)12/h4-5H,1-3H3. The number of hydrogen-bond acceptors (Lipinski definition) is 2. The molecule has 0 saturated heterocycles. The molecule has 3 heteroatoms. The molecule has 0 amide bonds. The molecule has 72 valence electrons. The van der Waals surface area contributed by atoms with Crippen LogP contribution in [0, 0.1) is 20.8 Å². The molecule has 0 saturated carbocycles. The quantitative estimate of drug-likeness (QED) is 0.619. The predicted octanol–water partition coefficient (Wildman–Crippen LogP) is 3.21. The van der Waals surface area contributed by atoms with Gasteiger partial charge in [-0.05, 0) is 38.0 Å². The number of halogens is 1. The van der Waals surface area contributed by atoms with Gasteiger partial charge in [-0.3, -0.25) is 0 Å². The maximum absolute atomic E-state index is 6.07. The molecule has 2 rings (SSSR count). The topological polar surface area (TPSA) is 25.8 Å². The lowest BCUT2D eigenvalue weighted by Gasteiger charge is -2.05. The Labute approximate surface area is 88.0 Å². The zero-order chi connectivity index (χ0) is 10.3. The van der Waals surface area contributed by atoms with Crippen molar-refractivity contribution in [2.24, 2.45) is 0 Å². The average Bonchev–Trinajstić information content (AvgIpc) is 1.99. The molecule has 0 aliphatic rings. The van der Waals surface area contributed by atoms with Crippen LogP contribution in [0.1, 0.15) is 17.0 Å². The summed E-state index contributed by atoms with van der Waals surface area (Å²) in [5.74, 6) is 0.715. The van der Waals surface area contributed by atoms with Gasteiger partial charge >= 0.3 is 0 Å². The van der Waals surface area contributed by atoms with Crippen molar-refractivity contribution in [1.82, 2.24) is 9.97 Å². The lowest BCUT2D eigenvalue weighted by molar-refractivity contribution is 1.09. The molecule has 0 fully saturated rings. The first kappa shape index (κ1) is 9.41. The monoisotopic (exact) mass is 206 g/mol. The van der Waals surface area contributed by atoms with E-state index in [1.807, 2.05) is 19.9 Å². The minimum absolute atomic E-state index is 0.546. The molecule has 0 atom stereocenters. The summed E-state index contributed by atoms with van der Waals surface area (Å²) in [4.78, 5) is 8.51. The highest BCUT2D eigenvalue weighted by Gasteiger charge is 2.06. The Kier molecular flexibility index (Phi) is 2.16. The van der Waals surface area contributed by atoms with Crippen molar-refractivity contribution in [2.45, 2.75) is 20.8 Å². The number of aryl methyl sites for hydroxylation is 3. The van der Waals surface area contributed by atoms with Crippen molar-refractivity contribution in [1.29, 1.82) is 0 Å². The predicted molar refractivity (Wildman–Crippen MR) is 58.8 cm³/mol. The van der Waals surface area contributed by atoms with Crippen LogP contribution in [-0.2, 0) is 0 Å². The van der Waals surface area contributed by atoms with Gasteiger partial charge in [0.15, 0.2) is 0 Å². The van der Waals surface area contributed by atoms with Crippen LogP contribution in [0.15, 0.2) is 12.1 Å². The lowest BCUT2D eigenvalue weighted by atomic mass is 10.1. The summed E-state index contributed by atoms with van der Waals surface area (Å²) in [5, 5.41) is 1.51. The second kappa shape index (κ2) is 3.21. The highest BCUT2D eigenvalue weighted by molar-refractivity contribution is 6.34. The summed E-state index contributed by atoms with van der Waals surface area (Å²) in [6.45, 7) is 5.93. The number of rotatable bonds is 0. The third kappa shape index (κ3) is 1.46. The summed E-state index contributed by atoms with van der Waals surface area (Å²) in [6.07, 6.45) is 0. The van der Waals surface area contributed by atoms with E-state index >= 15 is 0 Å². The van der Waals surface area contributed by atoms with Crippen LogP contribution in [0.2, 0.25) is 5.15 Å². The second-order valence-corrected chi connectivity index (χ2v) is 3.90. The fraction of sp³-hybridized carbons (Fsp3) is 0.273. The largest absolute Gasteiger partial charge is 0.233 e. The Morgan fingerprint density at radius 1 is 1.07 bits per heavy atom. The molecule has 1 aromatic carbocycles. The van der Waals surface area contributed by atoms with E-state index in [0.717, 1.165) is 16.5 Å². The van der Waals surface area contributed by atoms with Gasteiger partial charge in [0.05, 0.1) is 5.52 Å². The number of hydrogen-bond donors (Lipinski definition) is 0. The summed E-state index contributed by atoms with van der Waals surface area (Å²) in [6, 6.07) is 4.12. The smallest absolute Gasteiger partial charge is 0.140 e. The molecule has 0 radical (unpaired) electrons. The molecule has 0 N–H and O–H groups in total. The van der Waals surface area contributed by atoms with E-state index in [0.29, 0.717) is 11.0 Å². The van der Waals surface area contributed by atoms with Crippen LogP contribution in [0.25, 0.3) is 10.9 Å². The van der Waals surface area contributed by atoms with Gasteiger partial charge in [0.2, 0.25) is 0 Å². The van der Waals surface area contributed by atoms with Gasteiger partial charge < -0.3 is 0 Å². The highest BCUT2D eigenvalue weighted by Crippen LogP contribution is 2.24. The normalized spacial score (nSPS) is 10.9. The molecular weight excluding hydrogens is 196 g/mol. The number of fused-ring (bicyclic) bond motifs is 1. The number of nitrogens with zero attached hydrogens (tertiary/aromatic N) is 2. The molecule has 1 aromatic heterocycles. The van der Waals surface area contributed by atoms with Crippen LogP contribution in [0.5, 0.6) is 0 Å². The number of benzene rings is 1. The molecule has 2 aromatic rings. The Morgan fingerprint density at radius 3 is 2.50 bits per heavy atom. The van der Waals surface area contributed by atoms with E-state index < -0.39 is 0 Å². The van der Waals surface area contributed by atoms with Crippen LogP contribution < -0.4 is 0 Å². The van der Waals surface area contributed by atoms with Crippen LogP contribution >= 0.6 is 11.6 Å². The fourth-order valence-electron chi connectivity index (χ4n) is 1.70. The zero-order valence-corrected chi connectivity index (χ0v) is 9.18. The highest BCUT2D eigenvalue weighted by atomic mass is 35.5. The lowest BCUT2D eigenvalue weighted by Crippen LogP contribution is -1.93. The Morgan fingerprint density at radius 2 is 1.79 bits per heavy atom. The molecule has 2 nitrogen and oxygen atoms in total. The van der Waals surface area contributed by atoms with Gasteiger partial charge in [0.1, 0.15) is 11.0 Å². The summed E-state index contributed by atoms with van der Waals surface area (Å²) in [5.41, 5.74) is 3.26. The van der Waals surface area contributed by atoms with E-state index in [9.17, 15) is 0 Å². The molecular formula is C11H11ClN2. The first-order chi connectivity index (χ1) is 6.58. The molecule has 0 unspecified atom stereocenters. The van der Waals surface area contributed by atoms with Crippen LogP contribution in [0.4, 0.5) is 0 Å². The molecule has 0 bridgehead atoms. The van der Waals surface area contributed by atoms with Crippen LogP contribution in [-0.4, -0.2) is 9.97 Å². The summed E-state index contributed by atoms with van der Waals surface area (Å²) >= 11 is 6.07. The SMILES string of the molecule is Cc1cc(C)c2c(Cl)nc(C)nc2c1. The Bertz CT molecular complexity index is 463. The fourth-order valence-corrected chi connectivity index (χ4v) is 2.07. The first-order valence-electron chi connectivity index (χ1n) is 4.49. The van der Waals surface area contributed by atoms with E-state index in [1.165, 1.54) is 5.56 Å². The van der Waals surface area contributed by atoms with E-state index in [1.54, 1.807) is 0 Å². The maximum Gasteiger partial charge on any atom is 0.140 e. The van der Waals surface area contributed by atoms with Gasteiger partial charge in [-0.15, -0.1) is 0 Å².